The minimum absolute atomic E-state index is 0.0496. The highest BCUT2D eigenvalue weighted by atomic mass is 16.8. The van der Waals surface area contributed by atoms with Gasteiger partial charge in [0.2, 0.25) is 0 Å². The first-order chi connectivity index (χ1) is 14.6. The normalized spacial score (nSPS) is 15.9. The molecule has 0 spiro atoms. The molecule has 3 N–H and O–H groups in total. The zero-order valence-electron chi connectivity index (χ0n) is 16.5. The number of benzene rings is 2. The smallest absolute Gasteiger partial charge is 0.123 e. The topological polar surface area (TPSA) is 101 Å². The minimum Gasteiger partial charge on any atom is -0.733 e. The molecule has 0 fully saturated rings. The molecule has 0 saturated heterocycles. The molecule has 30 heavy (non-hydrogen) atoms. The molecule has 0 aliphatic carbocycles. The fourth-order valence-electron chi connectivity index (χ4n) is 4.28. The van der Waals surface area contributed by atoms with Crippen molar-refractivity contribution in [1.82, 2.24) is 20.1 Å². The fraction of sp³-hybridized carbons (Fsp3) is 0.227. The first-order valence-corrected chi connectivity index (χ1v) is 9.82. The fourth-order valence-corrected chi connectivity index (χ4v) is 4.28. The third-order valence-corrected chi connectivity index (χ3v) is 5.67. The third kappa shape index (κ3) is 3.21. The zero-order valence-corrected chi connectivity index (χ0v) is 16.5. The van der Waals surface area contributed by atoms with Gasteiger partial charge in [0.15, 0.2) is 0 Å². The van der Waals surface area contributed by atoms with Crippen LogP contribution in [0.1, 0.15) is 28.4 Å². The van der Waals surface area contributed by atoms with Gasteiger partial charge in [-0.1, -0.05) is 24.3 Å². The van der Waals surface area contributed by atoms with Crippen LogP contribution in [0.3, 0.4) is 0 Å². The van der Waals surface area contributed by atoms with E-state index < -0.39 is 0 Å². The SMILES string of the molecule is COc1ccc(C2NCCc3c2[nH]c2ccccc32)cc1Cn1cc(N([O-])O)cn1. The number of ether oxygens (including phenoxy) is 1. The number of aromatic nitrogens is 3. The molecule has 2 aromatic carbocycles. The van der Waals surface area contributed by atoms with Crippen molar-refractivity contribution >= 4 is 16.6 Å². The summed E-state index contributed by atoms with van der Waals surface area (Å²) in [5, 5.41) is 29.0. The summed E-state index contributed by atoms with van der Waals surface area (Å²) in [6.07, 6.45) is 3.80. The number of hydrogen-bond donors (Lipinski definition) is 3. The maximum atomic E-state index is 11.1. The molecule has 1 atom stereocenters. The van der Waals surface area contributed by atoms with Crippen molar-refractivity contribution < 1.29 is 9.94 Å². The van der Waals surface area contributed by atoms with Gasteiger partial charge in [0.05, 0.1) is 37.8 Å². The zero-order chi connectivity index (χ0) is 20.7. The quantitative estimate of drug-likeness (QED) is 0.441. The number of aromatic amines is 1. The van der Waals surface area contributed by atoms with Gasteiger partial charge in [0.25, 0.3) is 0 Å². The van der Waals surface area contributed by atoms with Crippen molar-refractivity contribution in [3.8, 4) is 5.75 Å². The Kier molecular flexibility index (Phi) is 4.66. The molecule has 5 rings (SSSR count). The summed E-state index contributed by atoms with van der Waals surface area (Å²) < 4.78 is 7.14. The number of rotatable bonds is 5. The van der Waals surface area contributed by atoms with E-state index >= 15 is 0 Å². The van der Waals surface area contributed by atoms with E-state index in [9.17, 15) is 5.21 Å². The molecule has 1 unspecified atom stereocenters. The molecule has 8 nitrogen and oxygen atoms in total. The minimum atomic E-state index is -0.194. The van der Waals surface area contributed by atoms with Gasteiger partial charge >= 0.3 is 0 Å². The summed E-state index contributed by atoms with van der Waals surface area (Å²) in [6.45, 7) is 1.32. The number of hydrogen-bond acceptors (Lipinski definition) is 6. The largest absolute Gasteiger partial charge is 0.733 e. The highest BCUT2D eigenvalue weighted by Crippen LogP contribution is 2.35. The van der Waals surface area contributed by atoms with Crippen LogP contribution in [0.5, 0.6) is 5.75 Å². The van der Waals surface area contributed by atoms with E-state index in [-0.39, 0.29) is 17.0 Å². The Labute approximate surface area is 173 Å². The van der Waals surface area contributed by atoms with E-state index in [0.717, 1.165) is 35.4 Å². The maximum absolute atomic E-state index is 11.1. The monoisotopic (exact) mass is 404 g/mol. The van der Waals surface area contributed by atoms with Crippen LogP contribution in [0.25, 0.3) is 10.9 Å². The molecule has 0 bridgehead atoms. The summed E-state index contributed by atoms with van der Waals surface area (Å²) in [7, 11) is 1.63. The Morgan fingerprint density at radius 3 is 2.97 bits per heavy atom. The first kappa shape index (κ1) is 18.7. The van der Waals surface area contributed by atoms with Crippen molar-refractivity contribution in [2.45, 2.75) is 19.0 Å². The maximum Gasteiger partial charge on any atom is 0.123 e. The molecule has 1 aliphatic heterocycles. The summed E-state index contributed by atoms with van der Waals surface area (Å²) in [5.74, 6) is 0.742. The summed E-state index contributed by atoms with van der Waals surface area (Å²) >= 11 is 0. The molecule has 1 aliphatic rings. The van der Waals surface area contributed by atoms with Gasteiger partial charge in [-0.2, -0.15) is 5.10 Å². The van der Waals surface area contributed by atoms with Crippen LogP contribution in [-0.4, -0.2) is 33.6 Å². The second-order valence-electron chi connectivity index (χ2n) is 7.44. The number of para-hydroxylation sites is 1. The van der Waals surface area contributed by atoms with Crippen LogP contribution >= 0.6 is 0 Å². The van der Waals surface area contributed by atoms with Crippen molar-refractivity contribution in [1.29, 1.82) is 0 Å². The number of anilines is 1. The van der Waals surface area contributed by atoms with E-state index in [1.165, 1.54) is 29.0 Å². The number of H-pyrrole nitrogens is 1. The van der Waals surface area contributed by atoms with Crippen molar-refractivity contribution in [3.05, 3.63) is 82.4 Å². The van der Waals surface area contributed by atoms with Crippen LogP contribution in [0.15, 0.2) is 54.9 Å². The van der Waals surface area contributed by atoms with Crippen molar-refractivity contribution in [3.63, 3.8) is 0 Å². The second-order valence-corrected chi connectivity index (χ2v) is 7.44. The van der Waals surface area contributed by atoms with Gasteiger partial charge < -0.3 is 25.5 Å². The molecule has 8 heteroatoms. The summed E-state index contributed by atoms with van der Waals surface area (Å²) in [4.78, 5) is 3.60. The summed E-state index contributed by atoms with van der Waals surface area (Å²) in [5.41, 5.74) is 5.86. The van der Waals surface area contributed by atoms with E-state index in [0.29, 0.717) is 6.54 Å². The Hall–Kier alpha value is -3.33. The average molecular weight is 404 g/mol. The van der Waals surface area contributed by atoms with Gasteiger partial charge in [0.1, 0.15) is 5.75 Å². The van der Waals surface area contributed by atoms with Crippen molar-refractivity contribution in [2.24, 2.45) is 0 Å². The number of fused-ring (bicyclic) bond motifs is 3. The van der Waals surface area contributed by atoms with Crippen LogP contribution in [0.2, 0.25) is 0 Å². The van der Waals surface area contributed by atoms with E-state index in [1.54, 1.807) is 11.8 Å². The van der Waals surface area contributed by atoms with Gasteiger partial charge in [-0.05, 0) is 35.7 Å². The van der Waals surface area contributed by atoms with Crippen LogP contribution < -0.4 is 15.3 Å². The molecule has 154 valence electrons. The first-order valence-electron chi connectivity index (χ1n) is 9.82. The van der Waals surface area contributed by atoms with Crippen LogP contribution in [-0.2, 0) is 13.0 Å². The Morgan fingerprint density at radius 2 is 2.17 bits per heavy atom. The number of nitrogens with one attached hydrogen (secondary N) is 2. The number of methoxy groups -OCH3 is 1. The van der Waals surface area contributed by atoms with E-state index in [4.69, 9.17) is 9.94 Å². The Bertz CT molecular complexity index is 1200. The molecule has 0 radical (unpaired) electrons. The predicted octanol–water partition coefficient (Wildman–Crippen LogP) is 3.35. The van der Waals surface area contributed by atoms with Crippen molar-refractivity contribution in [2.75, 3.05) is 18.9 Å². The highest BCUT2D eigenvalue weighted by Gasteiger charge is 2.25. The predicted molar refractivity (Wildman–Crippen MR) is 114 cm³/mol. The van der Waals surface area contributed by atoms with Crippen LogP contribution in [0, 0.1) is 5.21 Å². The number of nitrogens with zero attached hydrogens (tertiary/aromatic N) is 3. The molecule has 3 heterocycles. The highest BCUT2D eigenvalue weighted by molar-refractivity contribution is 5.85. The standard InChI is InChI=1S/C22H22N5O3/c1-30-20-7-6-14(10-15(20)12-26-13-16(11-24-26)27(28)29)21-22-18(8-9-23-21)17-4-2-3-5-19(17)25-22/h2-7,10-11,13,21,23,25,28H,8-9,12H2,1H3/q-1. The molecule has 2 aromatic heterocycles. The van der Waals surface area contributed by atoms with Crippen LogP contribution in [0.4, 0.5) is 5.69 Å². The molecule has 4 aromatic rings. The Morgan fingerprint density at radius 1 is 1.30 bits per heavy atom. The van der Waals surface area contributed by atoms with E-state index in [1.807, 2.05) is 12.1 Å². The molecular formula is C22H22N5O3-. The second kappa shape index (κ2) is 7.49. The van der Waals surface area contributed by atoms with E-state index in [2.05, 4.69) is 45.7 Å². The molecule has 0 saturated carbocycles. The molecular weight excluding hydrogens is 382 g/mol. The lowest BCUT2D eigenvalue weighted by molar-refractivity contribution is 0.296. The van der Waals surface area contributed by atoms with Gasteiger partial charge in [-0.25, -0.2) is 0 Å². The summed E-state index contributed by atoms with van der Waals surface area (Å²) in [6, 6.07) is 14.6. The van der Waals surface area contributed by atoms with Gasteiger partial charge in [0, 0.05) is 28.7 Å². The lowest BCUT2D eigenvalue weighted by Gasteiger charge is -2.25. The average Bonchev–Trinajstić information content (AvgIpc) is 3.38. The van der Waals surface area contributed by atoms with Gasteiger partial charge in [-0.3, -0.25) is 9.89 Å². The Balaban J connectivity index is 1.52. The third-order valence-electron chi connectivity index (χ3n) is 5.67. The molecule has 0 amide bonds. The lowest BCUT2D eigenvalue weighted by Crippen LogP contribution is -2.30. The van der Waals surface area contributed by atoms with Gasteiger partial charge in [-0.15, -0.1) is 0 Å². The lowest BCUT2D eigenvalue weighted by atomic mass is 9.93.